The van der Waals surface area contributed by atoms with E-state index in [0.717, 1.165) is 5.56 Å². The molecule has 0 N–H and O–H groups in total. The second kappa shape index (κ2) is 4.92. The molecular weight excluding hydrogens is 224 g/mol. The van der Waals surface area contributed by atoms with Crippen molar-refractivity contribution in [3.63, 3.8) is 0 Å². The molecule has 0 saturated carbocycles. The van der Waals surface area contributed by atoms with Gasteiger partial charge in [-0.1, -0.05) is 30.3 Å². The van der Waals surface area contributed by atoms with Crippen LogP contribution in [-0.4, -0.2) is 30.2 Å². The number of aldehydes is 1. The predicted octanol–water partition coefficient (Wildman–Crippen LogP) is 2.34. The first-order chi connectivity index (χ1) is 8.12. The van der Waals surface area contributed by atoms with Crippen LogP contribution in [0.3, 0.4) is 0 Å². The van der Waals surface area contributed by atoms with Gasteiger partial charge in [-0.05, 0) is 5.56 Å². The number of rotatable bonds is 3. The van der Waals surface area contributed by atoms with Crippen LogP contribution in [0.15, 0.2) is 30.3 Å². The van der Waals surface area contributed by atoms with E-state index in [9.17, 15) is 13.6 Å². The van der Waals surface area contributed by atoms with Gasteiger partial charge in [0.05, 0.1) is 5.92 Å². The molecule has 92 valence electrons. The fourth-order valence-corrected chi connectivity index (χ4v) is 2.12. The normalized spacial score (nSPS) is 24.5. The third kappa shape index (κ3) is 2.88. The molecule has 1 aromatic carbocycles. The number of nitrogens with zero attached hydrogens (tertiary/aromatic N) is 1. The van der Waals surface area contributed by atoms with Crippen molar-refractivity contribution < 1.29 is 13.6 Å². The van der Waals surface area contributed by atoms with E-state index in [1.165, 1.54) is 0 Å². The lowest BCUT2D eigenvalue weighted by molar-refractivity contribution is -0.137. The Bertz CT molecular complexity index is 380. The number of likely N-dealkylation sites (tertiary alicyclic amines) is 1. The Morgan fingerprint density at radius 2 is 2.06 bits per heavy atom. The van der Waals surface area contributed by atoms with Crippen molar-refractivity contribution in [3.8, 4) is 0 Å². The van der Waals surface area contributed by atoms with Crippen LogP contribution in [0.4, 0.5) is 8.78 Å². The molecule has 1 saturated heterocycles. The molecule has 0 radical (unpaired) electrons. The minimum absolute atomic E-state index is 0.144. The molecule has 17 heavy (non-hydrogen) atoms. The van der Waals surface area contributed by atoms with Crippen LogP contribution in [0.5, 0.6) is 0 Å². The van der Waals surface area contributed by atoms with E-state index in [1.807, 2.05) is 35.2 Å². The summed E-state index contributed by atoms with van der Waals surface area (Å²) in [7, 11) is 0. The minimum atomic E-state index is -2.84. The summed E-state index contributed by atoms with van der Waals surface area (Å²) in [6.45, 7) is 1.11. The van der Waals surface area contributed by atoms with Crippen molar-refractivity contribution in [2.24, 2.45) is 5.92 Å². The van der Waals surface area contributed by atoms with Crippen molar-refractivity contribution in [3.05, 3.63) is 35.9 Å². The molecular formula is C13H15F2NO. The summed E-state index contributed by atoms with van der Waals surface area (Å²) in [5.41, 5.74) is 1.09. The van der Waals surface area contributed by atoms with Gasteiger partial charge in [0, 0.05) is 26.1 Å². The van der Waals surface area contributed by atoms with Gasteiger partial charge >= 0.3 is 0 Å². The van der Waals surface area contributed by atoms with Gasteiger partial charge in [-0.25, -0.2) is 8.78 Å². The Balaban J connectivity index is 1.99. The molecule has 0 aliphatic carbocycles. The molecule has 0 bridgehead atoms. The van der Waals surface area contributed by atoms with Crippen LogP contribution in [0.1, 0.15) is 12.0 Å². The average molecular weight is 239 g/mol. The van der Waals surface area contributed by atoms with Crippen molar-refractivity contribution >= 4 is 6.29 Å². The van der Waals surface area contributed by atoms with Crippen molar-refractivity contribution in [1.82, 2.24) is 4.90 Å². The van der Waals surface area contributed by atoms with Gasteiger partial charge in [0.15, 0.2) is 0 Å². The van der Waals surface area contributed by atoms with Crippen LogP contribution in [-0.2, 0) is 11.3 Å². The van der Waals surface area contributed by atoms with E-state index in [2.05, 4.69) is 0 Å². The molecule has 0 spiro atoms. The van der Waals surface area contributed by atoms with Crippen LogP contribution in [0.25, 0.3) is 0 Å². The van der Waals surface area contributed by atoms with E-state index in [0.29, 0.717) is 19.4 Å². The molecule has 1 aliphatic heterocycles. The van der Waals surface area contributed by atoms with E-state index in [-0.39, 0.29) is 13.0 Å². The van der Waals surface area contributed by atoms with Crippen LogP contribution in [0.2, 0.25) is 0 Å². The average Bonchev–Trinajstić information content (AvgIpc) is 2.33. The maximum atomic E-state index is 13.3. The Hall–Kier alpha value is -1.29. The molecule has 0 unspecified atom stereocenters. The molecule has 1 aliphatic rings. The number of halogens is 2. The van der Waals surface area contributed by atoms with Gasteiger partial charge in [0.2, 0.25) is 0 Å². The second-order valence-corrected chi connectivity index (χ2v) is 4.47. The van der Waals surface area contributed by atoms with Crippen LogP contribution in [0, 0.1) is 5.92 Å². The standard InChI is InChI=1S/C13H15F2NO/c14-13(15)6-7-16(9-12(13)10-17)8-11-4-2-1-3-5-11/h1-5,10,12H,6-9H2/t12-/m1/s1. The summed E-state index contributed by atoms with van der Waals surface area (Å²) in [4.78, 5) is 12.6. The molecule has 0 aromatic heterocycles. The SMILES string of the molecule is O=C[C@H]1CN(Cc2ccccc2)CCC1(F)F. The number of alkyl halides is 2. The summed E-state index contributed by atoms with van der Waals surface area (Å²) in [6.07, 6.45) is 0.153. The fourth-order valence-electron chi connectivity index (χ4n) is 2.12. The van der Waals surface area contributed by atoms with E-state index >= 15 is 0 Å². The van der Waals surface area contributed by atoms with Crippen molar-refractivity contribution in [1.29, 1.82) is 0 Å². The highest BCUT2D eigenvalue weighted by Crippen LogP contribution is 2.32. The van der Waals surface area contributed by atoms with Crippen molar-refractivity contribution in [2.45, 2.75) is 18.9 Å². The maximum absolute atomic E-state index is 13.3. The third-order valence-corrected chi connectivity index (χ3v) is 3.17. The molecule has 1 heterocycles. The summed E-state index contributed by atoms with van der Waals surface area (Å²) in [6, 6.07) is 9.68. The highest BCUT2D eigenvalue weighted by Gasteiger charge is 2.43. The van der Waals surface area contributed by atoms with Gasteiger partial charge in [-0.3, -0.25) is 4.90 Å². The molecule has 0 amide bonds. The monoisotopic (exact) mass is 239 g/mol. The molecule has 2 rings (SSSR count). The number of carbonyl (C=O) groups excluding carboxylic acids is 1. The number of benzene rings is 1. The molecule has 1 atom stereocenters. The van der Waals surface area contributed by atoms with Crippen molar-refractivity contribution in [2.75, 3.05) is 13.1 Å². The largest absolute Gasteiger partial charge is 0.303 e. The van der Waals surface area contributed by atoms with Gasteiger partial charge in [0.25, 0.3) is 5.92 Å². The third-order valence-electron chi connectivity index (χ3n) is 3.17. The Labute approximate surface area is 99.2 Å². The summed E-state index contributed by atoms with van der Waals surface area (Å²) in [5.74, 6) is -4.01. The number of piperidine rings is 1. The zero-order valence-corrected chi connectivity index (χ0v) is 9.48. The topological polar surface area (TPSA) is 20.3 Å². The highest BCUT2D eigenvalue weighted by atomic mass is 19.3. The predicted molar refractivity (Wildman–Crippen MR) is 60.8 cm³/mol. The molecule has 4 heteroatoms. The van der Waals surface area contributed by atoms with Crippen LogP contribution >= 0.6 is 0 Å². The first-order valence-electron chi connectivity index (χ1n) is 5.71. The first kappa shape index (κ1) is 12.2. The summed E-state index contributed by atoms with van der Waals surface area (Å²) in [5, 5.41) is 0. The maximum Gasteiger partial charge on any atom is 0.259 e. The second-order valence-electron chi connectivity index (χ2n) is 4.47. The lowest BCUT2D eigenvalue weighted by Gasteiger charge is -2.35. The number of hydrogen-bond donors (Lipinski definition) is 0. The highest BCUT2D eigenvalue weighted by molar-refractivity contribution is 5.56. The van der Waals surface area contributed by atoms with Crippen LogP contribution < -0.4 is 0 Å². The number of hydrogen-bond acceptors (Lipinski definition) is 2. The van der Waals surface area contributed by atoms with Gasteiger partial charge in [-0.2, -0.15) is 0 Å². The molecule has 1 fully saturated rings. The fraction of sp³-hybridized carbons (Fsp3) is 0.462. The Morgan fingerprint density at radius 1 is 1.35 bits per heavy atom. The van der Waals surface area contributed by atoms with E-state index < -0.39 is 11.8 Å². The van der Waals surface area contributed by atoms with Gasteiger partial charge < -0.3 is 4.79 Å². The lowest BCUT2D eigenvalue weighted by atomic mass is 9.94. The number of carbonyl (C=O) groups is 1. The smallest absolute Gasteiger partial charge is 0.259 e. The Kier molecular flexibility index (Phi) is 3.52. The molecule has 2 nitrogen and oxygen atoms in total. The first-order valence-corrected chi connectivity index (χ1v) is 5.71. The summed E-state index contributed by atoms with van der Waals surface area (Å²) < 4.78 is 26.6. The van der Waals surface area contributed by atoms with Gasteiger partial charge in [-0.15, -0.1) is 0 Å². The quantitative estimate of drug-likeness (QED) is 0.755. The Morgan fingerprint density at radius 3 is 2.71 bits per heavy atom. The zero-order chi connectivity index (χ0) is 12.3. The van der Waals surface area contributed by atoms with E-state index in [1.54, 1.807) is 0 Å². The zero-order valence-electron chi connectivity index (χ0n) is 9.48. The van der Waals surface area contributed by atoms with Gasteiger partial charge in [0.1, 0.15) is 6.29 Å². The summed E-state index contributed by atoms with van der Waals surface area (Å²) >= 11 is 0. The van der Waals surface area contributed by atoms with E-state index in [4.69, 9.17) is 0 Å². The minimum Gasteiger partial charge on any atom is -0.303 e. The molecule has 1 aromatic rings. The lowest BCUT2D eigenvalue weighted by Crippen LogP contribution is -2.47.